The number of nitrogens with two attached hydrogens (primary N) is 1. The predicted octanol–water partition coefficient (Wildman–Crippen LogP) is 2.52. The molecule has 3 rings (SSSR count). The maximum atomic E-state index is 6.01. The van der Waals surface area contributed by atoms with E-state index in [9.17, 15) is 0 Å². The maximum Gasteiger partial charge on any atom is 0.129 e. The molecule has 2 N–H and O–H groups in total. The molecule has 5 heteroatoms. The lowest BCUT2D eigenvalue weighted by atomic mass is 10.1. The minimum absolute atomic E-state index is 0.226. The Morgan fingerprint density at radius 1 is 1.38 bits per heavy atom. The van der Waals surface area contributed by atoms with Crippen LogP contribution in [0.1, 0.15) is 18.4 Å². The van der Waals surface area contributed by atoms with Crippen LogP contribution in [-0.2, 0) is 16.1 Å². The molecule has 1 aliphatic rings. The summed E-state index contributed by atoms with van der Waals surface area (Å²) in [4.78, 5) is 4.42. The first-order chi connectivity index (χ1) is 10.3. The number of ether oxygens (including phenoxy) is 3. The van der Waals surface area contributed by atoms with Gasteiger partial charge in [0.1, 0.15) is 11.6 Å². The molecule has 5 nitrogen and oxygen atoms in total. The number of pyridine rings is 1. The van der Waals surface area contributed by atoms with E-state index in [0.717, 1.165) is 41.7 Å². The summed E-state index contributed by atoms with van der Waals surface area (Å²) in [5.74, 6) is 1.28. The van der Waals surface area contributed by atoms with E-state index in [0.29, 0.717) is 19.0 Å². The van der Waals surface area contributed by atoms with E-state index >= 15 is 0 Å². The van der Waals surface area contributed by atoms with E-state index < -0.39 is 0 Å². The molecular formula is C16H20N2O3. The van der Waals surface area contributed by atoms with Crippen molar-refractivity contribution in [3.63, 3.8) is 0 Å². The SMILES string of the molecule is COc1ccc2cc(COCC3CCCO3)c(N)nc2c1. The highest BCUT2D eigenvalue weighted by molar-refractivity contribution is 5.82. The van der Waals surface area contributed by atoms with Gasteiger partial charge < -0.3 is 19.9 Å². The molecule has 1 aromatic heterocycles. The Kier molecular flexibility index (Phi) is 4.22. The van der Waals surface area contributed by atoms with Gasteiger partial charge in [0, 0.05) is 23.6 Å². The first-order valence-electron chi connectivity index (χ1n) is 7.19. The molecule has 1 saturated heterocycles. The average Bonchev–Trinajstić information content (AvgIpc) is 3.00. The normalized spacial score (nSPS) is 18.2. The van der Waals surface area contributed by atoms with Crippen molar-refractivity contribution in [2.75, 3.05) is 26.1 Å². The van der Waals surface area contributed by atoms with Crippen LogP contribution in [0, 0.1) is 0 Å². The number of hydrogen-bond acceptors (Lipinski definition) is 5. The van der Waals surface area contributed by atoms with Gasteiger partial charge >= 0.3 is 0 Å². The summed E-state index contributed by atoms with van der Waals surface area (Å²) in [7, 11) is 1.64. The lowest BCUT2D eigenvalue weighted by molar-refractivity contribution is 0.0107. The van der Waals surface area contributed by atoms with Gasteiger partial charge in [0.25, 0.3) is 0 Å². The van der Waals surface area contributed by atoms with Gasteiger partial charge in [-0.25, -0.2) is 4.98 Å². The predicted molar refractivity (Wildman–Crippen MR) is 81.3 cm³/mol. The molecule has 0 radical (unpaired) electrons. The molecule has 21 heavy (non-hydrogen) atoms. The van der Waals surface area contributed by atoms with Crippen LogP contribution < -0.4 is 10.5 Å². The van der Waals surface area contributed by atoms with Crippen LogP contribution in [0.25, 0.3) is 10.9 Å². The minimum atomic E-state index is 0.226. The molecule has 1 aliphatic heterocycles. The molecule has 0 spiro atoms. The molecule has 1 fully saturated rings. The van der Waals surface area contributed by atoms with Crippen LogP contribution in [0.4, 0.5) is 5.82 Å². The average molecular weight is 288 g/mol. The van der Waals surface area contributed by atoms with Crippen LogP contribution in [-0.4, -0.2) is 31.4 Å². The third-order valence-electron chi connectivity index (χ3n) is 3.72. The third-order valence-corrected chi connectivity index (χ3v) is 3.72. The second-order valence-corrected chi connectivity index (χ2v) is 5.24. The Morgan fingerprint density at radius 2 is 2.29 bits per heavy atom. The van der Waals surface area contributed by atoms with E-state index in [1.54, 1.807) is 7.11 Å². The molecule has 0 amide bonds. The zero-order valence-corrected chi connectivity index (χ0v) is 12.2. The zero-order valence-electron chi connectivity index (χ0n) is 12.2. The third kappa shape index (κ3) is 3.25. The van der Waals surface area contributed by atoms with Crippen LogP contribution >= 0.6 is 0 Å². The molecule has 1 atom stereocenters. The number of aromatic nitrogens is 1. The van der Waals surface area contributed by atoms with E-state index in [4.69, 9.17) is 19.9 Å². The van der Waals surface area contributed by atoms with Gasteiger partial charge in [0.15, 0.2) is 0 Å². The highest BCUT2D eigenvalue weighted by Crippen LogP contribution is 2.23. The Labute approximate surface area is 124 Å². The molecule has 2 aromatic rings. The Bertz CT molecular complexity index is 624. The van der Waals surface area contributed by atoms with Crippen LogP contribution in [0.2, 0.25) is 0 Å². The molecule has 1 aromatic carbocycles. The summed E-state index contributed by atoms with van der Waals surface area (Å²) in [6, 6.07) is 7.79. The van der Waals surface area contributed by atoms with E-state index in [2.05, 4.69) is 4.98 Å². The van der Waals surface area contributed by atoms with Crippen molar-refractivity contribution in [1.82, 2.24) is 4.98 Å². The first kappa shape index (κ1) is 14.1. The second-order valence-electron chi connectivity index (χ2n) is 5.24. The van der Waals surface area contributed by atoms with Crippen LogP contribution in [0.15, 0.2) is 24.3 Å². The van der Waals surface area contributed by atoms with Crippen molar-refractivity contribution in [3.8, 4) is 5.75 Å². The van der Waals surface area contributed by atoms with Gasteiger partial charge in [0.05, 0.1) is 31.9 Å². The van der Waals surface area contributed by atoms with Crippen molar-refractivity contribution in [1.29, 1.82) is 0 Å². The fourth-order valence-electron chi connectivity index (χ4n) is 2.52. The second kappa shape index (κ2) is 6.28. The fraction of sp³-hybridized carbons (Fsp3) is 0.438. The summed E-state index contributed by atoms with van der Waals surface area (Å²) in [5, 5.41) is 1.03. The summed E-state index contributed by atoms with van der Waals surface area (Å²) < 4.78 is 16.4. The largest absolute Gasteiger partial charge is 0.497 e. The van der Waals surface area contributed by atoms with Gasteiger partial charge in [-0.15, -0.1) is 0 Å². The number of methoxy groups -OCH3 is 1. The quantitative estimate of drug-likeness (QED) is 0.915. The molecule has 0 bridgehead atoms. The Balaban J connectivity index is 1.71. The monoisotopic (exact) mass is 288 g/mol. The number of benzene rings is 1. The van der Waals surface area contributed by atoms with Crippen molar-refractivity contribution in [2.24, 2.45) is 0 Å². The van der Waals surface area contributed by atoms with E-state index in [1.165, 1.54) is 0 Å². The number of rotatable bonds is 5. The zero-order chi connectivity index (χ0) is 14.7. The van der Waals surface area contributed by atoms with Gasteiger partial charge in [-0.05, 0) is 31.0 Å². The lowest BCUT2D eigenvalue weighted by Crippen LogP contribution is -2.14. The number of nitrogens with zero attached hydrogens (tertiary/aromatic N) is 1. The topological polar surface area (TPSA) is 66.6 Å². The fourth-order valence-corrected chi connectivity index (χ4v) is 2.52. The molecule has 0 aliphatic carbocycles. The Hall–Kier alpha value is -1.85. The molecule has 2 heterocycles. The highest BCUT2D eigenvalue weighted by atomic mass is 16.5. The molecule has 1 unspecified atom stereocenters. The highest BCUT2D eigenvalue weighted by Gasteiger charge is 2.15. The summed E-state index contributed by atoms with van der Waals surface area (Å²) >= 11 is 0. The van der Waals surface area contributed by atoms with Crippen molar-refractivity contribution < 1.29 is 14.2 Å². The number of anilines is 1. The van der Waals surface area contributed by atoms with Gasteiger partial charge in [-0.2, -0.15) is 0 Å². The van der Waals surface area contributed by atoms with Gasteiger partial charge in [0.2, 0.25) is 0 Å². The molecule has 112 valence electrons. The van der Waals surface area contributed by atoms with Crippen LogP contribution in [0.3, 0.4) is 0 Å². The summed E-state index contributed by atoms with van der Waals surface area (Å²) in [6.45, 7) is 1.91. The standard InChI is InChI=1S/C16H20N2O3/c1-19-13-5-4-11-7-12(16(17)18-15(11)8-13)9-20-10-14-3-2-6-21-14/h4-5,7-8,14H,2-3,6,9-10H2,1H3,(H2,17,18). The molecular weight excluding hydrogens is 268 g/mol. The lowest BCUT2D eigenvalue weighted by Gasteiger charge is -2.12. The first-order valence-corrected chi connectivity index (χ1v) is 7.19. The molecule has 0 saturated carbocycles. The van der Waals surface area contributed by atoms with Gasteiger partial charge in [-0.3, -0.25) is 0 Å². The van der Waals surface area contributed by atoms with Crippen LogP contribution in [0.5, 0.6) is 5.75 Å². The van der Waals surface area contributed by atoms with E-state index in [-0.39, 0.29) is 6.10 Å². The van der Waals surface area contributed by atoms with Crippen molar-refractivity contribution in [2.45, 2.75) is 25.6 Å². The van der Waals surface area contributed by atoms with Gasteiger partial charge in [-0.1, -0.05) is 0 Å². The smallest absolute Gasteiger partial charge is 0.129 e. The maximum absolute atomic E-state index is 6.01. The number of fused-ring (bicyclic) bond motifs is 1. The van der Waals surface area contributed by atoms with Crippen molar-refractivity contribution in [3.05, 3.63) is 29.8 Å². The number of nitrogen functional groups attached to an aromatic ring is 1. The summed E-state index contributed by atoms with van der Waals surface area (Å²) in [5.41, 5.74) is 7.75. The minimum Gasteiger partial charge on any atom is -0.497 e. The summed E-state index contributed by atoms with van der Waals surface area (Å²) in [6.07, 6.45) is 2.42. The Morgan fingerprint density at radius 3 is 3.05 bits per heavy atom. The number of hydrogen-bond donors (Lipinski definition) is 1. The van der Waals surface area contributed by atoms with E-state index in [1.807, 2.05) is 24.3 Å². The van der Waals surface area contributed by atoms with Crippen molar-refractivity contribution >= 4 is 16.7 Å².